The van der Waals surface area contributed by atoms with Gasteiger partial charge in [0.25, 0.3) is 0 Å². The summed E-state index contributed by atoms with van der Waals surface area (Å²) in [5.74, 6) is 0.226. The van der Waals surface area contributed by atoms with Gasteiger partial charge in [0.2, 0.25) is 5.88 Å². The third kappa shape index (κ3) is 5.77. The van der Waals surface area contributed by atoms with Gasteiger partial charge >= 0.3 is 12.4 Å². The largest absolute Gasteiger partial charge is 0.573 e. The predicted octanol–water partition coefficient (Wildman–Crippen LogP) is 3.73. The Bertz CT molecular complexity index is 779. The van der Waals surface area contributed by atoms with E-state index in [1.807, 2.05) is 6.07 Å². The Kier molecular flexibility index (Phi) is 6.23. The number of carbonyl (C=O) groups is 1. The highest BCUT2D eigenvalue weighted by atomic mass is 19.4. The van der Waals surface area contributed by atoms with Crippen molar-refractivity contribution in [3.8, 4) is 11.6 Å². The van der Waals surface area contributed by atoms with Crippen LogP contribution < -0.4 is 14.8 Å². The van der Waals surface area contributed by atoms with E-state index in [2.05, 4.69) is 15.0 Å². The molecule has 6 nitrogen and oxygen atoms in total. The molecular weight excluding hydrogens is 375 g/mol. The maximum absolute atomic E-state index is 12.5. The van der Waals surface area contributed by atoms with E-state index in [1.54, 1.807) is 29.3 Å². The molecule has 0 atom stereocenters. The first kappa shape index (κ1) is 19.8. The van der Waals surface area contributed by atoms with Crippen molar-refractivity contribution in [3.63, 3.8) is 0 Å². The fourth-order valence-corrected chi connectivity index (χ4v) is 2.92. The first-order chi connectivity index (χ1) is 13.4. The molecule has 1 aliphatic rings. The Morgan fingerprint density at radius 2 is 1.86 bits per heavy atom. The molecule has 0 spiro atoms. The molecule has 9 heteroatoms. The molecule has 2 amide bonds. The summed E-state index contributed by atoms with van der Waals surface area (Å²) in [7, 11) is 0. The molecule has 28 heavy (non-hydrogen) atoms. The molecule has 2 heterocycles. The molecule has 3 rings (SSSR count). The van der Waals surface area contributed by atoms with Crippen molar-refractivity contribution >= 4 is 6.03 Å². The molecule has 0 radical (unpaired) electrons. The summed E-state index contributed by atoms with van der Waals surface area (Å²) in [4.78, 5) is 18.1. The second kappa shape index (κ2) is 8.81. The Morgan fingerprint density at radius 1 is 1.14 bits per heavy atom. The van der Waals surface area contributed by atoms with Gasteiger partial charge in [0.15, 0.2) is 0 Å². The lowest BCUT2D eigenvalue weighted by molar-refractivity contribution is -0.274. The lowest BCUT2D eigenvalue weighted by Crippen LogP contribution is -2.46. The minimum atomic E-state index is -4.78. The van der Waals surface area contributed by atoms with Crippen LogP contribution in [-0.2, 0) is 6.54 Å². The zero-order valence-corrected chi connectivity index (χ0v) is 15.0. The minimum absolute atomic E-state index is 0.0279. The first-order valence-electron chi connectivity index (χ1n) is 8.85. The molecule has 1 aliphatic heterocycles. The molecule has 1 N–H and O–H groups in total. The number of nitrogens with one attached hydrogen (secondary N) is 1. The number of halogens is 3. The number of benzene rings is 1. The van der Waals surface area contributed by atoms with Crippen LogP contribution in [0.4, 0.5) is 18.0 Å². The summed E-state index contributed by atoms with van der Waals surface area (Å²) >= 11 is 0. The quantitative estimate of drug-likeness (QED) is 0.838. The Hall–Kier alpha value is -2.97. The average Bonchev–Trinajstić information content (AvgIpc) is 2.67. The number of amides is 2. The Morgan fingerprint density at radius 3 is 2.54 bits per heavy atom. The molecule has 0 bridgehead atoms. The third-order valence-electron chi connectivity index (χ3n) is 4.28. The number of pyridine rings is 1. The number of para-hydroxylation sites is 1. The van der Waals surface area contributed by atoms with Crippen LogP contribution in [0.15, 0.2) is 48.7 Å². The van der Waals surface area contributed by atoms with Crippen molar-refractivity contribution in [1.82, 2.24) is 15.2 Å². The topological polar surface area (TPSA) is 63.7 Å². The Balaban J connectivity index is 1.48. The van der Waals surface area contributed by atoms with Crippen LogP contribution in [0, 0.1) is 0 Å². The first-order valence-corrected chi connectivity index (χ1v) is 8.85. The molecular formula is C19H20F3N3O3. The molecule has 2 aromatic rings. The maximum atomic E-state index is 12.5. The summed E-state index contributed by atoms with van der Waals surface area (Å²) in [5, 5.41) is 2.65. The van der Waals surface area contributed by atoms with Gasteiger partial charge in [-0.2, -0.15) is 0 Å². The lowest BCUT2D eigenvalue weighted by Gasteiger charge is -2.32. The number of ether oxygens (including phenoxy) is 2. The third-order valence-corrected chi connectivity index (χ3v) is 4.28. The summed E-state index contributed by atoms with van der Waals surface area (Å²) in [6, 6.07) is 10.8. The van der Waals surface area contributed by atoms with Gasteiger partial charge in [0.05, 0.1) is 0 Å². The van der Waals surface area contributed by atoms with Crippen molar-refractivity contribution < 1.29 is 27.4 Å². The maximum Gasteiger partial charge on any atom is 0.573 e. The van der Waals surface area contributed by atoms with Crippen LogP contribution in [0.3, 0.4) is 0 Å². The number of hydrogen-bond acceptors (Lipinski definition) is 4. The summed E-state index contributed by atoms with van der Waals surface area (Å²) < 4.78 is 47.2. The van der Waals surface area contributed by atoms with E-state index in [-0.39, 0.29) is 30.0 Å². The van der Waals surface area contributed by atoms with Gasteiger partial charge in [-0.1, -0.05) is 24.3 Å². The molecule has 0 saturated carbocycles. The van der Waals surface area contributed by atoms with Gasteiger partial charge in [0, 0.05) is 50.3 Å². The van der Waals surface area contributed by atoms with Crippen molar-refractivity contribution in [1.29, 1.82) is 0 Å². The molecule has 1 aromatic heterocycles. The van der Waals surface area contributed by atoms with E-state index in [1.165, 1.54) is 18.2 Å². The van der Waals surface area contributed by atoms with Gasteiger partial charge in [0.1, 0.15) is 11.9 Å². The number of aromatic nitrogens is 1. The van der Waals surface area contributed by atoms with E-state index in [0.29, 0.717) is 31.8 Å². The van der Waals surface area contributed by atoms with Crippen molar-refractivity contribution in [2.75, 3.05) is 13.1 Å². The molecule has 1 fully saturated rings. The fraction of sp³-hybridized carbons (Fsp3) is 0.368. The fourth-order valence-electron chi connectivity index (χ4n) is 2.92. The summed E-state index contributed by atoms with van der Waals surface area (Å²) in [6.07, 6.45) is -1.86. The smallest absolute Gasteiger partial charge is 0.474 e. The monoisotopic (exact) mass is 395 g/mol. The zero-order valence-electron chi connectivity index (χ0n) is 15.0. The van der Waals surface area contributed by atoms with Crippen LogP contribution in [-0.4, -0.2) is 41.5 Å². The normalized spacial score (nSPS) is 15.2. The number of rotatable bonds is 5. The molecule has 1 aromatic carbocycles. The second-order valence-corrected chi connectivity index (χ2v) is 6.29. The van der Waals surface area contributed by atoms with Crippen LogP contribution in [0.5, 0.6) is 11.6 Å². The number of likely N-dealkylation sites (tertiary alicyclic amines) is 1. The number of carbonyl (C=O) groups excluding carboxylic acids is 1. The van der Waals surface area contributed by atoms with Gasteiger partial charge in [-0.15, -0.1) is 13.2 Å². The average molecular weight is 395 g/mol. The number of alkyl halides is 3. The van der Waals surface area contributed by atoms with Crippen molar-refractivity contribution in [2.24, 2.45) is 0 Å². The molecule has 150 valence electrons. The molecule has 0 aliphatic carbocycles. The molecule has 0 unspecified atom stereocenters. The SMILES string of the molecule is O=C(NCc1ccccc1OC(F)(F)F)N1CCC(Oc2ccccn2)CC1. The van der Waals surface area contributed by atoms with Crippen LogP contribution in [0.1, 0.15) is 18.4 Å². The van der Waals surface area contributed by atoms with E-state index in [9.17, 15) is 18.0 Å². The highest BCUT2D eigenvalue weighted by Gasteiger charge is 2.32. The second-order valence-electron chi connectivity index (χ2n) is 6.29. The van der Waals surface area contributed by atoms with Crippen LogP contribution in [0.2, 0.25) is 0 Å². The van der Waals surface area contributed by atoms with Crippen LogP contribution in [0.25, 0.3) is 0 Å². The number of hydrogen-bond donors (Lipinski definition) is 1. The van der Waals surface area contributed by atoms with E-state index in [4.69, 9.17) is 4.74 Å². The summed E-state index contributed by atoms with van der Waals surface area (Å²) in [5.41, 5.74) is 0.251. The zero-order chi connectivity index (χ0) is 20.0. The molecule has 1 saturated heterocycles. The minimum Gasteiger partial charge on any atom is -0.474 e. The van der Waals surface area contributed by atoms with E-state index < -0.39 is 6.36 Å². The Labute approximate surface area is 160 Å². The standard InChI is InChI=1S/C19H20F3N3O3/c20-19(21,22)28-16-6-2-1-5-14(16)13-24-18(26)25-11-8-15(9-12-25)27-17-7-3-4-10-23-17/h1-7,10,15H,8-9,11-13H2,(H,24,26). The van der Waals surface area contributed by atoms with Crippen molar-refractivity contribution in [2.45, 2.75) is 31.9 Å². The van der Waals surface area contributed by atoms with Crippen molar-refractivity contribution in [3.05, 3.63) is 54.2 Å². The van der Waals surface area contributed by atoms with Gasteiger partial charge in [-0.25, -0.2) is 9.78 Å². The summed E-state index contributed by atoms with van der Waals surface area (Å²) in [6.45, 7) is 0.920. The van der Waals surface area contributed by atoms with Gasteiger partial charge in [-0.3, -0.25) is 0 Å². The predicted molar refractivity (Wildman–Crippen MR) is 94.8 cm³/mol. The highest BCUT2D eigenvalue weighted by molar-refractivity contribution is 5.74. The van der Waals surface area contributed by atoms with Gasteiger partial charge in [-0.05, 0) is 12.1 Å². The number of urea groups is 1. The lowest BCUT2D eigenvalue weighted by atomic mass is 10.1. The number of piperidine rings is 1. The highest BCUT2D eigenvalue weighted by Crippen LogP contribution is 2.26. The number of nitrogens with zero attached hydrogens (tertiary/aromatic N) is 2. The van der Waals surface area contributed by atoms with Gasteiger partial charge < -0.3 is 19.7 Å². The van der Waals surface area contributed by atoms with Crippen LogP contribution >= 0.6 is 0 Å². The van der Waals surface area contributed by atoms with E-state index >= 15 is 0 Å². The van der Waals surface area contributed by atoms with E-state index in [0.717, 1.165) is 0 Å².